The third-order valence-electron chi connectivity index (χ3n) is 4.70. The van der Waals surface area contributed by atoms with E-state index in [-0.39, 0.29) is 11.9 Å². The van der Waals surface area contributed by atoms with Crippen LogP contribution in [0.2, 0.25) is 0 Å². The maximum atomic E-state index is 11.1. The van der Waals surface area contributed by atoms with Gasteiger partial charge in [-0.25, -0.2) is 0 Å². The van der Waals surface area contributed by atoms with E-state index >= 15 is 0 Å². The predicted octanol–water partition coefficient (Wildman–Crippen LogP) is 1.37. The Kier molecular flexibility index (Phi) is 3.60. The highest BCUT2D eigenvalue weighted by Crippen LogP contribution is 2.33. The Labute approximate surface area is 133 Å². The summed E-state index contributed by atoms with van der Waals surface area (Å²) in [6.07, 6.45) is 6.35. The number of primary amides is 1. The van der Waals surface area contributed by atoms with E-state index in [1.807, 2.05) is 0 Å². The number of carbonyl (C=O) groups excluding carboxylic acids is 1. The van der Waals surface area contributed by atoms with Crippen LogP contribution in [0.5, 0.6) is 0 Å². The monoisotopic (exact) mass is 317 g/mol. The highest BCUT2D eigenvalue weighted by atomic mass is 16.5. The van der Waals surface area contributed by atoms with E-state index in [1.54, 1.807) is 0 Å². The third-order valence-corrected chi connectivity index (χ3v) is 4.70. The fourth-order valence-corrected chi connectivity index (χ4v) is 3.53. The van der Waals surface area contributed by atoms with Gasteiger partial charge in [0, 0.05) is 18.5 Å². The Hall–Kier alpha value is -2.22. The van der Waals surface area contributed by atoms with Crippen LogP contribution in [-0.2, 0) is 19.4 Å². The predicted molar refractivity (Wildman–Crippen MR) is 78.3 cm³/mol. The fourth-order valence-electron chi connectivity index (χ4n) is 3.53. The van der Waals surface area contributed by atoms with Gasteiger partial charge in [0.25, 0.3) is 11.7 Å². The van der Waals surface area contributed by atoms with Gasteiger partial charge in [-0.3, -0.25) is 9.69 Å². The molecule has 1 fully saturated rings. The fraction of sp³-hybridized carbons (Fsp3) is 0.600. The smallest absolute Gasteiger partial charge is 0.290 e. The molecule has 1 amide bonds. The zero-order valence-electron chi connectivity index (χ0n) is 12.8. The number of amides is 1. The van der Waals surface area contributed by atoms with E-state index in [0.717, 1.165) is 43.7 Å². The molecular weight excluding hydrogens is 298 g/mol. The molecular formula is C15H19N5O3. The lowest BCUT2D eigenvalue weighted by Crippen LogP contribution is -2.24. The van der Waals surface area contributed by atoms with Crippen molar-refractivity contribution in [2.24, 2.45) is 5.73 Å². The van der Waals surface area contributed by atoms with Crippen molar-refractivity contribution in [3.05, 3.63) is 28.7 Å². The molecule has 23 heavy (non-hydrogen) atoms. The van der Waals surface area contributed by atoms with E-state index in [1.165, 1.54) is 18.4 Å². The van der Waals surface area contributed by atoms with Gasteiger partial charge in [-0.05, 0) is 38.6 Å². The minimum Gasteiger partial charge on any atom is -0.363 e. The van der Waals surface area contributed by atoms with Crippen molar-refractivity contribution in [3.8, 4) is 0 Å². The molecule has 0 bridgehead atoms. The van der Waals surface area contributed by atoms with Crippen LogP contribution in [0.4, 0.5) is 0 Å². The van der Waals surface area contributed by atoms with Crippen LogP contribution in [0.3, 0.4) is 0 Å². The molecule has 0 aromatic carbocycles. The van der Waals surface area contributed by atoms with Gasteiger partial charge >= 0.3 is 0 Å². The Morgan fingerprint density at radius 1 is 1.22 bits per heavy atom. The minimum absolute atomic E-state index is 0.00606. The van der Waals surface area contributed by atoms with Gasteiger partial charge in [0.15, 0.2) is 0 Å². The number of aromatic nitrogens is 3. The Morgan fingerprint density at radius 3 is 2.91 bits per heavy atom. The van der Waals surface area contributed by atoms with E-state index in [0.29, 0.717) is 12.4 Å². The summed E-state index contributed by atoms with van der Waals surface area (Å²) >= 11 is 0. The molecule has 2 aliphatic rings. The molecule has 1 aliphatic carbocycles. The van der Waals surface area contributed by atoms with Crippen LogP contribution in [0.15, 0.2) is 9.05 Å². The first-order valence-electron chi connectivity index (χ1n) is 8.06. The van der Waals surface area contributed by atoms with Crippen molar-refractivity contribution in [1.82, 2.24) is 20.2 Å². The lowest BCUT2D eigenvalue weighted by molar-refractivity contribution is 0.0987. The molecule has 3 heterocycles. The summed E-state index contributed by atoms with van der Waals surface area (Å²) in [6.45, 7) is 1.64. The number of hydrogen-bond donors (Lipinski definition) is 1. The molecule has 2 aromatic rings. The molecule has 0 radical (unpaired) electrons. The first-order chi connectivity index (χ1) is 11.2. The maximum Gasteiger partial charge on any atom is 0.290 e. The summed E-state index contributed by atoms with van der Waals surface area (Å²) in [4.78, 5) is 17.5. The van der Waals surface area contributed by atoms with Gasteiger partial charge in [-0.2, -0.15) is 4.98 Å². The van der Waals surface area contributed by atoms with Crippen molar-refractivity contribution in [2.45, 2.75) is 51.1 Å². The number of nitrogens with two attached hydrogens (primary N) is 1. The lowest BCUT2D eigenvalue weighted by Gasteiger charge is -2.21. The topological polar surface area (TPSA) is 111 Å². The first-order valence-corrected chi connectivity index (χ1v) is 8.06. The average Bonchev–Trinajstić information content (AvgIpc) is 3.26. The molecule has 1 saturated heterocycles. The first kappa shape index (κ1) is 14.4. The number of hydrogen-bond acceptors (Lipinski definition) is 7. The molecule has 8 nitrogen and oxygen atoms in total. The highest BCUT2D eigenvalue weighted by molar-refractivity contribution is 5.88. The van der Waals surface area contributed by atoms with Crippen LogP contribution in [0.1, 0.15) is 65.3 Å². The normalized spacial score (nSPS) is 21.5. The molecule has 0 unspecified atom stereocenters. The summed E-state index contributed by atoms with van der Waals surface area (Å²) < 4.78 is 10.7. The largest absolute Gasteiger partial charge is 0.363 e. The number of carbonyl (C=O) groups is 1. The zero-order chi connectivity index (χ0) is 15.8. The molecule has 1 aliphatic heterocycles. The molecule has 0 spiro atoms. The average molecular weight is 317 g/mol. The van der Waals surface area contributed by atoms with Gasteiger partial charge in [-0.15, -0.1) is 0 Å². The van der Waals surface area contributed by atoms with Gasteiger partial charge in [-0.1, -0.05) is 10.3 Å². The molecule has 0 saturated carbocycles. The van der Waals surface area contributed by atoms with E-state index in [9.17, 15) is 4.79 Å². The summed E-state index contributed by atoms with van der Waals surface area (Å²) in [5.41, 5.74) is 7.47. The lowest BCUT2D eigenvalue weighted by atomic mass is 9.96. The Bertz CT molecular complexity index is 723. The van der Waals surface area contributed by atoms with E-state index in [2.05, 4.69) is 20.2 Å². The van der Waals surface area contributed by atoms with Gasteiger partial charge < -0.3 is 14.8 Å². The van der Waals surface area contributed by atoms with Crippen LogP contribution >= 0.6 is 0 Å². The van der Waals surface area contributed by atoms with Crippen LogP contribution in [-0.4, -0.2) is 32.6 Å². The summed E-state index contributed by atoms with van der Waals surface area (Å²) in [5, 5.41) is 7.91. The Morgan fingerprint density at radius 2 is 2.09 bits per heavy atom. The molecule has 1 atom stereocenters. The summed E-state index contributed by atoms with van der Waals surface area (Å²) in [7, 11) is 0. The summed E-state index contributed by atoms with van der Waals surface area (Å²) in [5.74, 6) is 0.755. The number of rotatable bonds is 4. The maximum absolute atomic E-state index is 11.1. The molecule has 4 rings (SSSR count). The standard InChI is InChI=1S/C15H19N5O3/c16-13(21)14-17-15(23-19-14)11-5-3-7-20(11)8-10-9-4-1-2-6-12(9)22-18-10/h11H,1-8H2,(H2,16,21)/t11-/m0/s1. The summed E-state index contributed by atoms with van der Waals surface area (Å²) in [6, 6.07) is 0.00606. The number of likely N-dealkylation sites (tertiary alicyclic amines) is 1. The SMILES string of the molecule is NC(=O)c1noc([C@@H]2CCCN2Cc2noc3c2CCCC3)n1. The van der Waals surface area contributed by atoms with Crippen LogP contribution < -0.4 is 5.73 Å². The van der Waals surface area contributed by atoms with E-state index < -0.39 is 5.91 Å². The second-order valence-electron chi connectivity index (χ2n) is 6.19. The van der Waals surface area contributed by atoms with Gasteiger partial charge in [0.1, 0.15) is 11.5 Å². The van der Waals surface area contributed by atoms with Crippen molar-refractivity contribution >= 4 is 5.91 Å². The van der Waals surface area contributed by atoms with Gasteiger partial charge in [0.2, 0.25) is 5.89 Å². The number of aryl methyl sites for hydroxylation is 1. The van der Waals surface area contributed by atoms with Crippen LogP contribution in [0, 0.1) is 0 Å². The number of nitrogens with zero attached hydrogens (tertiary/aromatic N) is 4. The minimum atomic E-state index is -0.671. The number of fused-ring (bicyclic) bond motifs is 1. The second kappa shape index (κ2) is 5.77. The Balaban J connectivity index is 1.53. The van der Waals surface area contributed by atoms with Crippen molar-refractivity contribution in [2.75, 3.05) is 6.54 Å². The van der Waals surface area contributed by atoms with Crippen molar-refractivity contribution < 1.29 is 13.8 Å². The quantitative estimate of drug-likeness (QED) is 0.906. The van der Waals surface area contributed by atoms with Gasteiger partial charge in [0.05, 0.1) is 6.04 Å². The van der Waals surface area contributed by atoms with Crippen LogP contribution in [0.25, 0.3) is 0 Å². The van der Waals surface area contributed by atoms with Crippen molar-refractivity contribution in [1.29, 1.82) is 0 Å². The second-order valence-corrected chi connectivity index (χ2v) is 6.19. The zero-order valence-corrected chi connectivity index (χ0v) is 12.8. The molecule has 8 heteroatoms. The molecule has 122 valence electrons. The van der Waals surface area contributed by atoms with Crippen molar-refractivity contribution in [3.63, 3.8) is 0 Å². The molecule has 2 N–H and O–H groups in total. The highest BCUT2D eigenvalue weighted by Gasteiger charge is 2.33. The third kappa shape index (κ3) is 2.63. The van der Waals surface area contributed by atoms with E-state index in [4.69, 9.17) is 14.8 Å². The molecule has 2 aromatic heterocycles.